The highest BCUT2D eigenvalue weighted by Crippen LogP contribution is 2.41. The molecule has 2 unspecified atom stereocenters. The lowest BCUT2D eigenvalue weighted by atomic mass is 10.0. The van der Waals surface area contributed by atoms with Crippen LogP contribution in [0.4, 0.5) is 0 Å². The summed E-state index contributed by atoms with van der Waals surface area (Å²) in [6.45, 7) is 0. The van der Waals surface area contributed by atoms with Crippen molar-refractivity contribution in [1.29, 1.82) is 0 Å². The van der Waals surface area contributed by atoms with Crippen LogP contribution in [0.3, 0.4) is 0 Å². The first-order valence-electron chi connectivity index (χ1n) is 5.63. The van der Waals surface area contributed by atoms with Crippen molar-refractivity contribution < 1.29 is 13.2 Å². The number of ketones is 1. The highest BCUT2D eigenvalue weighted by atomic mass is 32.2. The average Bonchev–Trinajstić information content (AvgIpc) is 2.93. The molecule has 0 aromatic heterocycles. The Labute approximate surface area is 89.7 Å². The van der Waals surface area contributed by atoms with Crippen LogP contribution >= 0.6 is 0 Å². The van der Waals surface area contributed by atoms with Gasteiger partial charge < -0.3 is 0 Å². The number of fused-ring (bicyclic) bond motifs is 2. The highest BCUT2D eigenvalue weighted by Gasteiger charge is 2.51. The molecule has 0 radical (unpaired) electrons. The fourth-order valence-electron chi connectivity index (χ4n) is 2.88. The average molecular weight is 229 g/mol. The number of hydrogen-bond acceptors (Lipinski definition) is 3. The van der Waals surface area contributed by atoms with Gasteiger partial charge >= 0.3 is 0 Å². The Hall–Kier alpha value is -0.420. The van der Waals surface area contributed by atoms with Crippen LogP contribution in [0, 0.1) is 0 Å². The maximum absolute atomic E-state index is 12.1. The zero-order chi connectivity index (χ0) is 10.6. The van der Waals surface area contributed by atoms with E-state index in [9.17, 15) is 13.2 Å². The minimum Gasteiger partial charge on any atom is -0.300 e. The Balaban J connectivity index is 1.91. The summed E-state index contributed by atoms with van der Waals surface area (Å²) in [6, 6.07) is -0.0244. The SMILES string of the molecule is O=C1CC2CCC(C1)N2S(=O)(=O)C1CC1. The summed E-state index contributed by atoms with van der Waals surface area (Å²) < 4.78 is 25.9. The molecular weight excluding hydrogens is 214 g/mol. The van der Waals surface area contributed by atoms with Crippen LogP contribution in [-0.4, -0.2) is 35.8 Å². The number of carbonyl (C=O) groups is 1. The largest absolute Gasteiger partial charge is 0.300 e. The van der Waals surface area contributed by atoms with Crippen molar-refractivity contribution in [3.63, 3.8) is 0 Å². The minimum atomic E-state index is -3.07. The number of Topliss-reactive ketones (excluding diaryl/α,β-unsaturated/α-hetero) is 1. The van der Waals surface area contributed by atoms with Gasteiger partial charge in [0.15, 0.2) is 0 Å². The van der Waals surface area contributed by atoms with E-state index in [1.165, 1.54) is 0 Å². The van der Waals surface area contributed by atoms with Crippen molar-refractivity contribution in [2.24, 2.45) is 0 Å². The molecular formula is C10H15NO3S. The van der Waals surface area contributed by atoms with Crippen LogP contribution in [0.2, 0.25) is 0 Å². The second kappa shape index (κ2) is 3.04. The minimum absolute atomic E-state index is 0.0122. The predicted molar refractivity (Wildman–Crippen MR) is 54.8 cm³/mol. The molecule has 0 amide bonds. The molecule has 84 valence electrons. The van der Waals surface area contributed by atoms with Crippen molar-refractivity contribution in [3.05, 3.63) is 0 Å². The first-order chi connectivity index (χ1) is 7.09. The monoisotopic (exact) mass is 229 g/mol. The van der Waals surface area contributed by atoms with Crippen molar-refractivity contribution in [2.45, 2.75) is 55.9 Å². The Bertz CT molecular complexity index is 383. The van der Waals surface area contributed by atoms with Gasteiger partial charge in [-0.2, -0.15) is 4.31 Å². The summed E-state index contributed by atoms with van der Waals surface area (Å²) >= 11 is 0. The van der Waals surface area contributed by atoms with Crippen molar-refractivity contribution >= 4 is 15.8 Å². The van der Waals surface area contributed by atoms with Crippen LogP contribution in [0.25, 0.3) is 0 Å². The number of piperidine rings is 1. The molecule has 15 heavy (non-hydrogen) atoms. The molecule has 0 spiro atoms. The Morgan fingerprint density at radius 2 is 1.53 bits per heavy atom. The molecule has 0 aromatic rings. The molecule has 3 fully saturated rings. The normalized spacial score (nSPS) is 37.2. The quantitative estimate of drug-likeness (QED) is 0.699. The first-order valence-corrected chi connectivity index (χ1v) is 7.13. The molecule has 1 aliphatic carbocycles. The number of sulfonamides is 1. The zero-order valence-corrected chi connectivity index (χ0v) is 9.37. The van der Waals surface area contributed by atoms with Crippen molar-refractivity contribution in [1.82, 2.24) is 4.31 Å². The molecule has 0 N–H and O–H groups in total. The predicted octanol–water partition coefficient (Wildman–Crippen LogP) is 0.674. The summed E-state index contributed by atoms with van der Waals surface area (Å²) in [5.41, 5.74) is 0. The van der Waals surface area contributed by atoms with Crippen molar-refractivity contribution in [3.8, 4) is 0 Å². The number of hydrogen-bond donors (Lipinski definition) is 0. The standard InChI is InChI=1S/C10H15NO3S/c12-9-5-7-1-2-8(6-9)11(7)15(13,14)10-3-4-10/h7-8,10H,1-6H2. The van der Waals surface area contributed by atoms with Crippen molar-refractivity contribution in [2.75, 3.05) is 0 Å². The van der Waals surface area contributed by atoms with E-state index in [4.69, 9.17) is 0 Å². The molecule has 4 nitrogen and oxygen atoms in total. The smallest absolute Gasteiger partial charge is 0.217 e. The van der Waals surface area contributed by atoms with Crippen LogP contribution in [0.5, 0.6) is 0 Å². The Kier molecular flexibility index (Phi) is 1.98. The van der Waals surface area contributed by atoms with Gasteiger partial charge in [0, 0.05) is 24.9 Å². The summed E-state index contributed by atoms with van der Waals surface area (Å²) in [7, 11) is -3.07. The van der Waals surface area contributed by atoms with E-state index in [1.54, 1.807) is 4.31 Å². The number of rotatable bonds is 2. The third-order valence-corrected chi connectivity index (χ3v) is 6.22. The summed E-state index contributed by atoms with van der Waals surface area (Å²) in [5.74, 6) is 0.241. The van der Waals surface area contributed by atoms with Gasteiger partial charge in [-0.05, 0) is 25.7 Å². The maximum atomic E-state index is 12.1. The van der Waals surface area contributed by atoms with E-state index >= 15 is 0 Å². The van der Waals surface area contributed by atoms with Gasteiger partial charge in [0.2, 0.25) is 10.0 Å². The summed E-state index contributed by atoms with van der Waals surface area (Å²) in [5, 5.41) is -0.131. The molecule has 3 aliphatic rings. The number of carbonyl (C=O) groups excluding carboxylic acids is 1. The fourth-order valence-corrected chi connectivity index (χ4v) is 5.15. The second-order valence-corrected chi connectivity index (χ2v) is 7.02. The zero-order valence-electron chi connectivity index (χ0n) is 8.55. The van der Waals surface area contributed by atoms with E-state index in [2.05, 4.69) is 0 Å². The molecule has 2 atom stereocenters. The van der Waals surface area contributed by atoms with Gasteiger partial charge in [-0.1, -0.05) is 0 Å². The van der Waals surface area contributed by atoms with Crippen LogP contribution in [0.1, 0.15) is 38.5 Å². The third-order valence-electron chi connectivity index (χ3n) is 3.72. The summed E-state index contributed by atoms with van der Waals surface area (Å²) in [4.78, 5) is 11.4. The third kappa shape index (κ3) is 1.44. The Morgan fingerprint density at radius 1 is 1.00 bits per heavy atom. The van der Waals surface area contributed by atoms with Gasteiger partial charge in [0.05, 0.1) is 5.25 Å². The number of nitrogens with zero attached hydrogens (tertiary/aromatic N) is 1. The van der Waals surface area contributed by atoms with Gasteiger partial charge in [-0.15, -0.1) is 0 Å². The lowest BCUT2D eigenvalue weighted by molar-refractivity contribution is -0.122. The van der Waals surface area contributed by atoms with Gasteiger partial charge in [-0.25, -0.2) is 8.42 Å². The van der Waals surface area contributed by atoms with E-state index in [1.807, 2.05) is 0 Å². The maximum Gasteiger partial charge on any atom is 0.217 e. The van der Waals surface area contributed by atoms with E-state index < -0.39 is 10.0 Å². The highest BCUT2D eigenvalue weighted by molar-refractivity contribution is 7.90. The van der Waals surface area contributed by atoms with Gasteiger partial charge in [0.25, 0.3) is 0 Å². The lowest BCUT2D eigenvalue weighted by Crippen LogP contribution is -2.47. The molecule has 3 rings (SSSR count). The second-order valence-electron chi connectivity index (χ2n) is 4.91. The van der Waals surface area contributed by atoms with E-state index in [0.717, 1.165) is 25.7 Å². The summed E-state index contributed by atoms with van der Waals surface area (Å²) in [6.07, 6.45) is 4.27. The fraction of sp³-hybridized carbons (Fsp3) is 0.900. The molecule has 1 saturated carbocycles. The molecule has 2 saturated heterocycles. The van der Waals surface area contributed by atoms with Crippen LogP contribution < -0.4 is 0 Å². The molecule has 0 aromatic carbocycles. The molecule has 5 heteroatoms. The van der Waals surface area contributed by atoms with E-state index in [0.29, 0.717) is 12.8 Å². The van der Waals surface area contributed by atoms with Crippen LogP contribution in [-0.2, 0) is 14.8 Å². The van der Waals surface area contributed by atoms with Gasteiger partial charge in [-0.3, -0.25) is 4.79 Å². The molecule has 2 bridgehead atoms. The first kappa shape index (κ1) is 9.78. The Morgan fingerprint density at radius 3 is 2.00 bits per heavy atom. The molecule has 2 aliphatic heterocycles. The lowest BCUT2D eigenvalue weighted by Gasteiger charge is -2.32. The van der Waals surface area contributed by atoms with Gasteiger partial charge in [0.1, 0.15) is 5.78 Å². The molecule has 2 heterocycles. The topological polar surface area (TPSA) is 54.5 Å². The van der Waals surface area contributed by atoms with Crippen LogP contribution in [0.15, 0.2) is 0 Å². The van der Waals surface area contributed by atoms with E-state index in [-0.39, 0.29) is 23.1 Å².